The zero-order chi connectivity index (χ0) is 26.4. The van der Waals surface area contributed by atoms with Crippen molar-refractivity contribution in [2.75, 3.05) is 0 Å². The van der Waals surface area contributed by atoms with E-state index in [1.807, 2.05) is 6.92 Å². The molecule has 0 bridgehead atoms. The molecule has 0 aromatic heterocycles. The third-order valence-corrected chi connectivity index (χ3v) is 8.76. The summed E-state index contributed by atoms with van der Waals surface area (Å²) in [4.78, 5) is 0. The molecule has 2 saturated carbocycles. The molecule has 4 rings (SSSR count). The van der Waals surface area contributed by atoms with E-state index in [1.54, 1.807) is 18.2 Å². The molecule has 2 aromatic rings. The maximum atomic E-state index is 15.0. The van der Waals surface area contributed by atoms with Gasteiger partial charge in [-0.15, -0.1) is 0 Å². The molecular formula is C32H37F4N. The Kier molecular flexibility index (Phi) is 9.46. The second-order valence-corrected chi connectivity index (χ2v) is 11.1. The number of rotatable bonds is 8. The van der Waals surface area contributed by atoms with Gasteiger partial charge in [0.15, 0.2) is 0 Å². The highest BCUT2D eigenvalue weighted by atomic mass is 19.1. The molecule has 1 nitrogen and oxygen atoms in total. The van der Waals surface area contributed by atoms with Crippen LogP contribution in [0.3, 0.4) is 0 Å². The molecule has 0 radical (unpaired) electrons. The number of nitrogens with zero attached hydrogens (tertiary/aromatic N) is 1. The lowest BCUT2D eigenvalue weighted by molar-refractivity contribution is 0.306. The Morgan fingerprint density at radius 1 is 0.730 bits per heavy atom. The van der Waals surface area contributed by atoms with Crippen molar-refractivity contribution in [2.24, 2.45) is 11.8 Å². The van der Waals surface area contributed by atoms with Gasteiger partial charge in [-0.05, 0) is 143 Å². The molecule has 2 fully saturated rings. The quantitative estimate of drug-likeness (QED) is 0.256. The van der Waals surface area contributed by atoms with E-state index < -0.39 is 28.8 Å². The molecule has 0 unspecified atom stereocenters. The Morgan fingerprint density at radius 2 is 1.19 bits per heavy atom. The Morgan fingerprint density at radius 3 is 1.65 bits per heavy atom. The molecule has 0 saturated heterocycles. The maximum Gasteiger partial charge on any atom is 0.144 e. The second-order valence-electron chi connectivity index (χ2n) is 11.1. The zero-order valence-corrected chi connectivity index (χ0v) is 21.7. The van der Waals surface area contributed by atoms with Gasteiger partial charge >= 0.3 is 0 Å². The molecule has 5 heteroatoms. The highest BCUT2D eigenvalue weighted by molar-refractivity contribution is 5.36. The van der Waals surface area contributed by atoms with Crippen molar-refractivity contribution in [3.63, 3.8) is 0 Å². The fourth-order valence-electron chi connectivity index (χ4n) is 6.45. The minimum absolute atomic E-state index is 0.0407. The lowest BCUT2D eigenvalue weighted by Gasteiger charge is -2.29. The van der Waals surface area contributed by atoms with Gasteiger partial charge in [-0.3, -0.25) is 0 Å². The zero-order valence-electron chi connectivity index (χ0n) is 21.7. The average molecular weight is 512 g/mol. The summed E-state index contributed by atoms with van der Waals surface area (Å²) in [6.45, 7) is 2.04. The molecule has 0 spiro atoms. The molecule has 2 aliphatic carbocycles. The average Bonchev–Trinajstić information content (AvgIpc) is 2.89. The third kappa shape index (κ3) is 6.83. The van der Waals surface area contributed by atoms with Crippen LogP contribution < -0.4 is 0 Å². The molecule has 2 aliphatic rings. The standard InChI is InChI=1S/C32H37F4N/c1-2-3-4-5-21-6-11-23(12-7-21)25-16-29(33)27(30(34)17-25)15-10-22-8-13-24(14-9-22)26-18-31(35)28(20-37)32(36)19-26/h2-3,16-19,21-24H,4-15H2,1H3/b3-2+. The Hall–Kier alpha value is -2.61. The first-order valence-electron chi connectivity index (χ1n) is 13.9. The van der Waals surface area contributed by atoms with Crippen LogP contribution in [0.15, 0.2) is 36.4 Å². The topological polar surface area (TPSA) is 23.8 Å². The van der Waals surface area contributed by atoms with Crippen LogP contribution in [-0.2, 0) is 6.42 Å². The van der Waals surface area contributed by atoms with Crippen molar-refractivity contribution < 1.29 is 17.6 Å². The number of hydrogen-bond donors (Lipinski definition) is 0. The fraction of sp³-hybridized carbons (Fsp3) is 0.531. The predicted molar refractivity (Wildman–Crippen MR) is 139 cm³/mol. The third-order valence-electron chi connectivity index (χ3n) is 8.76. The smallest absolute Gasteiger partial charge is 0.144 e. The molecule has 0 aliphatic heterocycles. The molecular weight excluding hydrogens is 474 g/mol. The van der Waals surface area contributed by atoms with Gasteiger partial charge in [0.05, 0.1) is 0 Å². The van der Waals surface area contributed by atoms with Gasteiger partial charge in [0, 0.05) is 5.56 Å². The van der Waals surface area contributed by atoms with Gasteiger partial charge in [0.1, 0.15) is 34.9 Å². The maximum absolute atomic E-state index is 15.0. The molecule has 37 heavy (non-hydrogen) atoms. The summed E-state index contributed by atoms with van der Waals surface area (Å²) < 4.78 is 58.0. The van der Waals surface area contributed by atoms with Crippen LogP contribution in [-0.4, -0.2) is 0 Å². The Labute approximate surface area is 218 Å². The summed E-state index contributed by atoms with van der Waals surface area (Å²) in [6.07, 6.45) is 15.2. The van der Waals surface area contributed by atoms with E-state index in [2.05, 4.69) is 12.2 Å². The summed E-state index contributed by atoms with van der Waals surface area (Å²) in [5, 5.41) is 8.87. The van der Waals surface area contributed by atoms with Crippen LogP contribution in [0.25, 0.3) is 0 Å². The highest BCUT2D eigenvalue weighted by Gasteiger charge is 2.26. The van der Waals surface area contributed by atoms with Crippen molar-refractivity contribution in [3.8, 4) is 6.07 Å². The van der Waals surface area contributed by atoms with Crippen LogP contribution in [0.5, 0.6) is 0 Å². The van der Waals surface area contributed by atoms with Crippen molar-refractivity contribution in [3.05, 3.63) is 81.9 Å². The van der Waals surface area contributed by atoms with Crippen molar-refractivity contribution in [1.29, 1.82) is 5.26 Å². The summed E-state index contributed by atoms with van der Waals surface area (Å²) >= 11 is 0. The summed E-state index contributed by atoms with van der Waals surface area (Å²) in [5.74, 6) is -1.16. The minimum atomic E-state index is -0.813. The Balaban J connectivity index is 1.28. The first kappa shape index (κ1) is 27.4. The SMILES string of the molecule is C/C=C/CCC1CCC(c2cc(F)c(CCC3CCC(c4cc(F)c(C#N)c(F)c4)CC3)c(F)c2)CC1. The summed E-state index contributed by atoms with van der Waals surface area (Å²) in [7, 11) is 0. The van der Waals surface area contributed by atoms with Crippen molar-refractivity contribution >= 4 is 0 Å². The van der Waals surface area contributed by atoms with Gasteiger partial charge in [0.25, 0.3) is 0 Å². The Bertz CT molecular complexity index is 1090. The summed E-state index contributed by atoms with van der Waals surface area (Å²) in [5.41, 5.74) is 1.03. The normalized spacial score (nSPS) is 24.3. The largest absolute Gasteiger partial charge is 0.207 e. The van der Waals surface area contributed by atoms with Gasteiger partial charge in [-0.25, -0.2) is 17.6 Å². The first-order chi connectivity index (χ1) is 17.9. The fourth-order valence-corrected chi connectivity index (χ4v) is 6.45. The lowest BCUT2D eigenvalue weighted by Crippen LogP contribution is -2.16. The van der Waals surface area contributed by atoms with Crippen LogP contribution >= 0.6 is 0 Å². The monoisotopic (exact) mass is 511 g/mol. The molecule has 0 heterocycles. The van der Waals surface area contributed by atoms with Gasteiger partial charge in [-0.2, -0.15) is 5.26 Å². The number of halogens is 4. The van der Waals surface area contributed by atoms with E-state index in [4.69, 9.17) is 5.26 Å². The van der Waals surface area contributed by atoms with Crippen LogP contribution in [0.2, 0.25) is 0 Å². The van der Waals surface area contributed by atoms with Crippen LogP contribution in [0.1, 0.15) is 112 Å². The number of allylic oxidation sites excluding steroid dienone is 2. The van der Waals surface area contributed by atoms with Gasteiger partial charge < -0.3 is 0 Å². The number of nitriles is 1. The van der Waals surface area contributed by atoms with Crippen molar-refractivity contribution in [2.45, 2.75) is 95.8 Å². The van der Waals surface area contributed by atoms with Gasteiger partial charge in [-0.1, -0.05) is 12.2 Å². The molecule has 0 N–H and O–H groups in total. The van der Waals surface area contributed by atoms with E-state index in [1.165, 1.54) is 18.6 Å². The van der Waals surface area contributed by atoms with Gasteiger partial charge in [0.2, 0.25) is 0 Å². The van der Waals surface area contributed by atoms with E-state index in [9.17, 15) is 17.6 Å². The number of benzene rings is 2. The second kappa shape index (κ2) is 12.8. The van der Waals surface area contributed by atoms with Crippen LogP contribution in [0.4, 0.5) is 17.6 Å². The molecule has 198 valence electrons. The molecule has 2 aromatic carbocycles. The number of hydrogen-bond acceptors (Lipinski definition) is 1. The first-order valence-corrected chi connectivity index (χ1v) is 13.9. The molecule has 0 amide bonds. The van der Waals surface area contributed by atoms with E-state index >= 15 is 0 Å². The van der Waals surface area contributed by atoms with E-state index in [0.29, 0.717) is 30.2 Å². The lowest BCUT2D eigenvalue weighted by atomic mass is 9.76. The predicted octanol–water partition coefficient (Wildman–Crippen LogP) is 9.65. The van der Waals surface area contributed by atoms with Crippen molar-refractivity contribution in [1.82, 2.24) is 0 Å². The van der Waals surface area contributed by atoms with E-state index in [-0.39, 0.29) is 17.4 Å². The van der Waals surface area contributed by atoms with E-state index in [0.717, 1.165) is 63.4 Å². The van der Waals surface area contributed by atoms with Crippen LogP contribution in [0, 0.1) is 46.4 Å². The summed E-state index contributed by atoms with van der Waals surface area (Å²) in [6, 6.07) is 7.23. The molecule has 0 atom stereocenters. The minimum Gasteiger partial charge on any atom is -0.207 e. The highest BCUT2D eigenvalue weighted by Crippen LogP contribution is 2.40.